The molecule has 37 heavy (non-hydrogen) atoms. The molecule has 15 heteroatoms. The fraction of sp³-hybridized carbons (Fsp3) is 0.273. The Morgan fingerprint density at radius 1 is 0.757 bits per heavy atom. The minimum atomic E-state index is -4.99. The van der Waals surface area contributed by atoms with Crippen molar-refractivity contribution < 1.29 is 31.1 Å². The highest BCUT2D eigenvalue weighted by atomic mass is 19.4. The maximum atomic E-state index is 13.3. The van der Waals surface area contributed by atoms with Crippen LogP contribution in [-0.4, -0.2) is 50.6 Å². The zero-order valence-corrected chi connectivity index (χ0v) is 18.8. The van der Waals surface area contributed by atoms with Crippen molar-refractivity contribution >= 4 is 34.9 Å². The fourth-order valence-electron chi connectivity index (χ4n) is 3.65. The van der Waals surface area contributed by atoms with Crippen LogP contribution in [0, 0.1) is 0 Å². The van der Waals surface area contributed by atoms with Crippen LogP contribution in [0.3, 0.4) is 0 Å². The zero-order valence-electron chi connectivity index (χ0n) is 18.8. The summed E-state index contributed by atoms with van der Waals surface area (Å²) in [5.41, 5.74) is -2.21. The molecular formula is C22H18F6N8O. The number of benzene rings is 1. The van der Waals surface area contributed by atoms with Gasteiger partial charge in [-0.15, -0.1) is 0 Å². The van der Waals surface area contributed by atoms with E-state index in [1.165, 1.54) is 0 Å². The smallest absolute Gasteiger partial charge is 0.378 e. The maximum absolute atomic E-state index is 13.3. The Bertz CT molecular complexity index is 1380. The zero-order chi connectivity index (χ0) is 26.2. The summed E-state index contributed by atoms with van der Waals surface area (Å²) in [6.45, 7) is 1.67. The number of halogens is 6. The summed E-state index contributed by atoms with van der Waals surface area (Å²) < 4.78 is 86.9. The molecule has 4 heterocycles. The van der Waals surface area contributed by atoms with Crippen molar-refractivity contribution in [3.63, 3.8) is 0 Å². The SMILES string of the molecule is FC(F)(F)c1cc(Nc2nc(Nc3ccn4ccnc4c3)nc(N3CCOCC3)n2)cc(C(F)(F)F)c1. The molecule has 2 N–H and O–H groups in total. The van der Waals surface area contributed by atoms with E-state index >= 15 is 0 Å². The number of aromatic nitrogens is 5. The quantitative estimate of drug-likeness (QED) is 0.357. The monoisotopic (exact) mass is 524 g/mol. The van der Waals surface area contributed by atoms with E-state index in [0.29, 0.717) is 49.8 Å². The standard InChI is InChI=1S/C22H18F6N8O/c23-21(24,25)13-9-14(22(26,27)28)11-16(10-13)31-19-32-18(33-20(34-19)36-5-7-37-8-6-36)30-15-1-3-35-4-2-29-17(35)12-15/h1-4,9-12H,5-8H2,(H2,30,31,32,33,34). The van der Waals surface area contributed by atoms with E-state index in [2.05, 4.69) is 30.6 Å². The molecule has 1 aliphatic heterocycles. The lowest BCUT2D eigenvalue weighted by Gasteiger charge is -2.27. The lowest BCUT2D eigenvalue weighted by atomic mass is 10.1. The third kappa shape index (κ3) is 5.66. The van der Waals surface area contributed by atoms with Gasteiger partial charge >= 0.3 is 12.4 Å². The van der Waals surface area contributed by atoms with Crippen LogP contribution in [-0.2, 0) is 17.1 Å². The first-order chi connectivity index (χ1) is 17.5. The van der Waals surface area contributed by atoms with Gasteiger partial charge in [-0.05, 0) is 24.3 Å². The molecule has 1 saturated heterocycles. The van der Waals surface area contributed by atoms with Crippen LogP contribution in [0.15, 0.2) is 48.9 Å². The molecule has 1 aliphatic rings. The van der Waals surface area contributed by atoms with E-state index in [-0.39, 0.29) is 23.9 Å². The molecule has 0 aliphatic carbocycles. The topological polar surface area (TPSA) is 92.5 Å². The van der Waals surface area contributed by atoms with E-state index in [0.717, 1.165) is 0 Å². The number of fused-ring (bicyclic) bond motifs is 1. The summed E-state index contributed by atoms with van der Waals surface area (Å²) in [6.07, 6.45) is -4.87. The Labute approximate surface area is 205 Å². The maximum Gasteiger partial charge on any atom is 0.416 e. The number of hydrogen-bond acceptors (Lipinski definition) is 8. The van der Waals surface area contributed by atoms with Crippen molar-refractivity contribution in [2.75, 3.05) is 41.8 Å². The van der Waals surface area contributed by atoms with Crippen LogP contribution in [0.4, 0.5) is 55.6 Å². The molecule has 0 spiro atoms. The van der Waals surface area contributed by atoms with Gasteiger partial charge in [0.25, 0.3) is 0 Å². The minimum Gasteiger partial charge on any atom is -0.378 e. The first-order valence-electron chi connectivity index (χ1n) is 10.9. The van der Waals surface area contributed by atoms with Crippen molar-refractivity contribution in [2.24, 2.45) is 0 Å². The predicted octanol–water partition coefficient (Wildman–Crippen LogP) is 4.88. The normalized spacial score (nSPS) is 14.7. The van der Waals surface area contributed by atoms with Crippen molar-refractivity contribution in [1.82, 2.24) is 24.3 Å². The number of alkyl halides is 6. The minimum absolute atomic E-state index is 0.0259. The van der Waals surface area contributed by atoms with Gasteiger partial charge in [0.2, 0.25) is 17.8 Å². The van der Waals surface area contributed by atoms with Gasteiger partial charge in [0.1, 0.15) is 5.65 Å². The van der Waals surface area contributed by atoms with Crippen molar-refractivity contribution in [2.45, 2.75) is 12.4 Å². The van der Waals surface area contributed by atoms with Crippen LogP contribution in [0.1, 0.15) is 11.1 Å². The molecule has 1 aromatic carbocycles. The summed E-state index contributed by atoms with van der Waals surface area (Å²) in [5.74, 6) is -0.0422. The highest BCUT2D eigenvalue weighted by Gasteiger charge is 2.37. The van der Waals surface area contributed by atoms with Crippen LogP contribution in [0.5, 0.6) is 0 Å². The fourth-order valence-corrected chi connectivity index (χ4v) is 3.65. The average Bonchev–Trinajstić information content (AvgIpc) is 3.31. The second-order valence-corrected chi connectivity index (χ2v) is 8.03. The van der Waals surface area contributed by atoms with Crippen molar-refractivity contribution in [1.29, 1.82) is 0 Å². The number of hydrogen-bond donors (Lipinski definition) is 2. The number of nitrogens with one attached hydrogen (secondary N) is 2. The summed E-state index contributed by atoms with van der Waals surface area (Å²) in [4.78, 5) is 18.8. The summed E-state index contributed by atoms with van der Waals surface area (Å²) in [7, 11) is 0. The number of rotatable bonds is 5. The van der Waals surface area contributed by atoms with Crippen molar-refractivity contribution in [3.8, 4) is 0 Å². The molecule has 0 amide bonds. The number of nitrogens with zero attached hydrogens (tertiary/aromatic N) is 6. The predicted molar refractivity (Wildman–Crippen MR) is 121 cm³/mol. The second-order valence-electron chi connectivity index (χ2n) is 8.03. The molecular weight excluding hydrogens is 506 g/mol. The molecule has 3 aromatic heterocycles. The van der Waals surface area contributed by atoms with E-state index in [9.17, 15) is 26.3 Å². The van der Waals surface area contributed by atoms with Gasteiger partial charge in [-0.2, -0.15) is 41.3 Å². The first-order valence-corrected chi connectivity index (χ1v) is 10.9. The molecule has 0 saturated carbocycles. The van der Waals surface area contributed by atoms with Crippen molar-refractivity contribution in [3.05, 3.63) is 60.0 Å². The van der Waals surface area contributed by atoms with Crippen LogP contribution < -0.4 is 15.5 Å². The lowest BCUT2D eigenvalue weighted by molar-refractivity contribution is -0.143. The van der Waals surface area contributed by atoms with Gasteiger partial charge in [0.05, 0.1) is 24.3 Å². The molecule has 0 unspecified atom stereocenters. The van der Waals surface area contributed by atoms with E-state index in [4.69, 9.17) is 4.74 Å². The van der Waals surface area contributed by atoms with Crippen LogP contribution in [0.2, 0.25) is 0 Å². The molecule has 0 atom stereocenters. The molecule has 5 rings (SSSR count). The molecule has 0 radical (unpaired) electrons. The van der Waals surface area contributed by atoms with Gasteiger partial charge in [-0.3, -0.25) is 0 Å². The van der Waals surface area contributed by atoms with E-state index in [1.807, 2.05) is 0 Å². The largest absolute Gasteiger partial charge is 0.416 e. The molecule has 194 valence electrons. The highest BCUT2D eigenvalue weighted by Crippen LogP contribution is 2.38. The Kier molecular flexibility index (Phi) is 6.23. The number of pyridine rings is 1. The number of ether oxygens (including phenoxy) is 1. The Morgan fingerprint density at radius 3 is 2.00 bits per heavy atom. The third-order valence-corrected chi connectivity index (χ3v) is 5.42. The Morgan fingerprint density at radius 2 is 1.38 bits per heavy atom. The average molecular weight is 524 g/mol. The number of morpholine rings is 1. The van der Waals surface area contributed by atoms with Gasteiger partial charge in [0, 0.05) is 49.1 Å². The van der Waals surface area contributed by atoms with Crippen LogP contribution >= 0.6 is 0 Å². The third-order valence-electron chi connectivity index (χ3n) is 5.42. The molecule has 0 bridgehead atoms. The summed E-state index contributed by atoms with van der Waals surface area (Å²) >= 11 is 0. The first kappa shape index (κ1) is 24.5. The lowest BCUT2D eigenvalue weighted by Crippen LogP contribution is -2.37. The van der Waals surface area contributed by atoms with E-state index < -0.39 is 29.2 Å². The Hall–Kier alpha value is -4.14. The number of anilines is 5. The molecule has 4 aromatic rings. The highest BCUT2D eigenvalue weighted by molar-refractivity contribution is 5.63. The van der Waals surface area contributed by atoms with Gasteiger partial charge in [-0.25, -0.2) is 4.98 Å². The van der Waals surface area contributed by atoms with Gasteiger partial charge in [-0.1, -0.05) is 0 Å². The van der Waals surface area contributed by atoms with Gasteiger partial charge < -0.3 is 24.7 Å². The number of imidazole rings is 1. The van der Waals surface area contributed by atoms with Gasteiger partial charge in [0.15, 0.2) is 0 Å². The summed E-state index contributed by atoms with van der Waals surface area (Å²) in [5, 5.41) is 5.47. The molecule has 9 nitrogen and oxygen atoms in total. The second kappa shape index (κ2) is 9.38. The van der Waals surface area contributed by atoms with E-state index in [1.54, 1.807) is 40.0 Å². The Balaban J connectivity index is 1.52. The van der Waals surface area contributed by atoms with Crippen LogP contribution in [0.25, 0.3) is 5.65 Å². The molecule has 1 fully saturated rings. The summed E-state index contributed by atoms with van der Waals surface area (Å²) in [6, 6.07) is 4.62.